The van der Waals surface area contributed by atoms with Crippen LogP contribution in [-0.4, -0.2) is 150 Å². The van der Waals surface area contributed by atoms with Crippen LogP contribution in [0.25, 0.3) is 11.3 Å². The normalized spacial score (nSPS) is 22.4. The van der Waals surface area contributed by atoms with Crippen LogP contribution in [-0.2, 0) is 45.2 Å². The van der Waals surface area contributed by atoms with Gasteiger partial charge in [-0.1, -0.05) is 6.07 Å². The summed E-state index contributed by atoms with van der Waals surface area (Å²) in [5, 5.41) is 25.7. The molecule has 0 bridgehead atoms. The van der Waals surface area contributed by atoms with Gasteiger partial charge in [0.15, 0.2) is 0 Å². The number of carbonyl (C=O) groups excluding carboxylic acids is 1. The molecule has 2 unspecified atom stereocenters. The van der Waals surface area contributed by atoms with Gasteiger partial charge in [-0.3, -0.25) is 9.48 Å². The van der Waals surface area contributed by atoms with Crippen LogP contribution in [0.3, 0.4) is 0 Å². The van der Waals surface area contributed by atoms with E-state index in [4.69, 9.17) is 9.84 Å². The predicted octanol–water partition coefficient (Wildman–Crippen LogP) is 2.61. The van der Waals surface area contributed by atoms with E-state index in [1.54, 1.807) is 4.68 Å². The summed E-state index contributed by atoms with van der Waals surface area (Å²) in [6, 6.07) is 3.98. The van der Waals surface area contributed by atoms with E-state index in [1.165, 1.54) is 16.4 Å². The summed E-state index contributed by atoms with van der Waals surface area (Å²) in [5.41, 5.74) is 1.54. The zero-order valence-corrected chi connectivity index (χ0v) is 31.4. The summed E-state index contributed by atoms with van der Waals surface area (Å²) in [6.07, 6.45) is -0.569. The number of nitrogens with zero attached hydrogens (tertiary/aromatic N) is 6. The number of aromatic nitrogens is 2. The van der Waals surface area contributed by atoms with Crippen molar-refractivity contribution in [2.45, 2.75) is 62.4 Å². The third-order valence-electron chi connectivity index (χ3n) is 10.8. The number of halogens is 3. The van der Waals surface area contributed by atoms with Crippen LogP contribution in [0.1, 0.15) is 42.5 Å². The Morgan fingerprint density at radius 1 is 1.06 bits per heavy atom. The number of alkyl halides is 3. The van der Waals surface area contributed by atoms with Gasteiger partial charge >= 0.3 is 6.18 Å². The number of hydrogen-bond acceptors (Lipinski definition) is 10. The number of carbonyl (C=O) groups is 1. The molecule has 0 spiro atoms. The van der Waals surface area contributed by atoms with Crippen LogP contribution >= 0.6 is 11.8 Å². The van der Waals surface area contributed by atoms with Crippen molar-refractivity contribution in [3.63, 3.8) is 0 Å². The highest BCUT2D eigenvalue weighted by molar-refractivity contribution is 7.99. The smallest absolute Gasteiger partial charge is 0.396 e. The first kappa shape index (κ1) is 39.4. The van der Waals surface area contributed by atoms with Gasteiger partial charge < -0.3 is 29.6 Å². The number of amides is 1. The van der Waals surface area contributed by atoms with Crippen LogP contribution in [0.2, 0.25) is 0 Å². The molecule has 2 aromatic rings. The number of ether oxygens (including phenoxy) is 1. The van der Waals surface area contributed by atoms with E-state index in [2.05, 4.69) is 9.80 Å². The van der Waals surface area contributed by atoms with Crippen molar-refractivity contribution in [3.05, 3.63) is 35.0 Å². The second kappa shape index (κ2) is 17.0. The summed E-state index contributed by atoms with van der Waals surface area (Å²) in [5.74, 6) is 0.747. The molecule has 3 saturated heterocycles. The predicted molar refractivity (Wildman–Crippen MR) is 191 cm³/mol. The van der Waals surface area contributed by atoms with Crippen molar-refractivity contribution in [3.8, 4) is 11.3 Å². The largest absolute Gasteiger partial charge is 0.417 e. The van der Waals surface area contributed by atoms with Crippen molar-refractivity contribution in [1.82, 2.24) is 28.8 Å². The quantitative estimate of drug-likeness (QED) is 0.311. The third kappa shape index (κ3) is 9.70. The highest BCUT2D eigenvalue weighted by Crippen LogP contribution is 2.40. The van der Waals surface area contributed by atoms with Crippen molar-refractivity contribution in [1.29, 1.82) is 0 Å². The van der Waals surface area contributed by atoms with Gasteiger partial charge in [-0.2, -0.15) is 22.6 Å². The van der Waals surface area contributed by atoms with Gasteiger partial charge in [-0.15, -0.1) is 11.8 Å². The molecular weight excluding hydrogens is 722 g/mol. The van der Waals surface area contributed by atoms with Crippen LogP contribution in [0, 0.1) is 11.8 Å². The Balaban J connectivity index is 1.18. The molecule has 3 fully saturated rings. The van der Waals surface area contributed by atoms with E-state index in [9.17, 15) is 36.6 Å². The van der Waals surface area contributed by atoms with E-state index in [0.717, 1.165) is 55.7 Å². The lowest BCUT2D eigenvalue weighted by Crippen LogP contribution is -2.47. The molecule has 1 aromatic heterocycles. The van der Waals surface area contributed by atoms with Crippen molar-refractivity contribution in [2.75, 3.05) is 90.7 Å². The number of rotatable bonds is 12. The van der Waals surface area contributed by atoms with Crippen LogP contribution < -0.4 is 0 Å². The minimum absolute atomic E-state index is 0.0365. The number of benzene rings is 1. The molecule has 0 radical (unpaired) electrons. The number of thioether (sulfide) groups is 1. The maximum atomic E-state index is 14.2. The topological polar surface area (TPSA) is 132 Å². The Labute approximate surface area is 308 Å². The average molecular weight is 773 g/mol. The van der Waals surface area contributed by atoms with Gasteiger partial charge in [0.2, 0.25) is 15.9 Å². The Hall–Kier alpha value is -2.25. The first-order chi connectivity index (χ1) is 24.8. The highest BCUT2D eigenvalue weighted by Gasteiger charge is 2.36. The number of morpholine rings is 1. The van der Waals surface area contributed by atoms with Gasteiger partial charge in [0.1, 0.15) is 0 Å². The molecule has 17 heteroatoms. The average Bonchev–Trinajstić information content (AvgIpc) is 3.48. The number of β-amino-alcohol motifs (C(OH)–C–C–N with tert-alkyl or cyclic N) is 1. The lowest BCUT2D eigenvalue weighted by Gasteiger charge is -2.36. The molecule has 6 rings (SSSR count). The van der Waals surface area contributed by atoms with Crippen molar-refractivity contribution >= 4 is 27.7 Å². The maximum absolute atomic E-state index is 14.2. The van der Waals surface area contributed by atoms with Gasteiger partial charge in [-0.05, 0) is 63.4 Å². The van der Waals surface area contributed by atoms with Crippen LogP contribution in [0.4, 0.5) is 13.2 Å². The zero-order valence-electron chi connectivity index (χ0n) is 29.8. The molecule has 2 atom stereocenters. The molecule has 4 aliphatic rings. The van der Waals surface area contributed by atoms with Crippen molar-refractivity contribution in [2.24, 2.45) is 11.8 Å². The number of sulfonamides is 1. The fourth-order valence-electron chi connectivity index (χ4n) is 7.90. The van der Waals surface area contributed by atoms with E-state index < -0.39 is 27.9 Å². The van der Waals surface area contributed by atoms with Gasteiger partial charge in [0.05, 0.1) is 43.4 Å². The van der Waals surface area contributed by atoms with Gasteiger partial charge in [-0.25, -0.2) is 8.42 Å². The number of likely N-dealkylation sites (tertiary alicyclic amines) is 2. The standard InChI is InChI=1S/C35H51F3N6O6S2/c1-52(48,49)43-12-8-31-29(23-43)33(27-4-5-30(35(36,37)38)32(19-27)51-18-15-40-9-2-3-25(20-40)24-45)39-44(31)22-28(46)21-41-10-6-26(7-11-41)34(47)42-13-16-50-17-14-42/h4-5,19,25-26,28,45-46H,2-3,6-18,20-24H2,1H3. The first-order valence-corrected chi connectivity index (χ1v) is 21.1. The minimum Gasteiger partial charge on any atom is -0.396 e. The van der Waals surface area contributed by atoms with Crippen LogP contribution in [0.15, 0.2) is 23.1 Å². The lowest BCUT2D eigenvalue weighted by atomic mass is 9.95. The Kier molecular flexibility index (Phi) is 12.9. The molecule has 1 aromatic carbocycles. The summed E-state index contributed by atoms with van der Waals surface area (Å²) in [7, 11) is -3.55. The van der Waals surface area contributed by atoms with E-state index in [-0.39, 0.29) is 48.9 Å². The van der Waals surface area contributed by atoms with E-state index in [1.807, 2.05) is 4.90 Å². The number of piperidine rings is 2. The molecule has 52 heavy (non-hydrogen) atoms. The summed E-state index contributed by atoms with van der Waals surface area (Å²) in [4.78, 5) is 19.3. The van der Waals surface area contributed by atoms with Crippen LogP contribution in [0.5, 0.6) is 0 Å². The highest BCUT2D eigenvalue weighted by atomic mass is 32.2. The molecule has 0 aliphatic carbocycles. The number of fused-ring (bicyclic) bond motifs is 1. The molecule has 4 aliphatic heterocycles. The molecular formula is C35H51F3N6O6S2. The zero-order chi connectivity index (χ0) is 37.0. The Morgan fingerprint density at radius 3 is 2.50 bits per heavy atom. The number of hydrogen-bond donors (Lipinski definition) is 2. The Morgan fingerprint density at radius 2 is 1.81 bits per heavy atom. The molecule has 290 valence electrons. The molecule has 2 N–H and O–H groups in total. The molecule has 1 amide bonds. The lowest BCUT2D eigenvalue weighted by molar-refractivity contribution is -0.141. The summed E-state index contributed by atoms with van der Waals surface area (Å²) >= 11 is 1.13. The SMILES string of the molecule is CS(=O)(=O)N1CCc2c(c(-c3ccc(C(F)(F)F)c(SCCN4CCCC(CO)C4)c3)nn2CC(O)CN2CCC(C(=O)N3CCOCC3)CC2)C1. The fraction of sp³-hybridized carbons (Fsp3) is 0.714. The number of aliphatic hydroxyl groups is 2. The molecule has 0 saturated carbocycles. The van der Waals surface area contributed by atoms with Gasteiger partial charge in [0, 0.05) is 92.2 Å². The van der Waals surface area contributed by atoms with E-state index in [0.29, 0.717) is 94.3 Å². The maximum Gasteiger partial charge on any atom is 0.417 e. The second-order valence-electron chi connectivity index (χ2n) is 14.5. The molecule has 5 heterocycles. The summed E-state index contributed by atoms with van der Waals surface area (Å²) in [6.45, 7) is 6.77. The van der Waals surface area contributed by atoms with Gasteiger partial charge in [0.25, 0.3) is 0 Å². The monoisotopic (exact) mass is 772 g/mol. The van der Waals surface area contributed by atoms with E-state index >= 15 is 0 Å². The Bertz CT molecular complexity index is 1650. The fourth-order valence-corrected chi connectivity index (χ4v) is 9.81. The third-order valence-corrected chi connectivity index (χ3v) is 13.1. The molecule has 12 nitrogen and oxygen atoms in total. The van der Waals surface area contributed by atoms with Crippen molar-refractivity contribution < 1.29 is 41.3 Å². The minimum atomic E-state index is -4.56. The second-order valence-corrected chi connectivity index (χ2v) is 17.6. The number of aliphatic hydroxyl groups excluding tert-OH is 2. The first-order valence-electron chi connectivity index (χ1n) is 18.3. The summed E-state index contributed by atoms with van der Waals surface area (Å²) < 4.78 is 76.2.